The molecule has 0 aromatic carbocycles. The van der Waals surface area contributed by atoms with Gasteiger partial charge in [-0.15, -0.1) is 0 Å². The molecule has 1 unspecified atom stereocenters. The van der Waals surface area contributed by atoms with Gasteiger partial charge in [0.2, 0.25) is 0 Å². The van der Waals surface area contributed by atoms with Crippen LogP contribution in [0.25, 0.3) is 0 Å². The van der Waals surface area contributed by atoms with Crippen LogP contribution in [0.2, 0.25) is 0 Å². The van der Waals surface area contributed by atoms with E-state index in [1.807, 2.05) is 0 Å². The molecule has 0 spiro atoms. The Balaban J connectivity index is 4.43. The number of ether oxygens (including phenoxy) is 3. The number of esters is 3. The second-order valence-corrected chi connectivity index (χ2v) is 16.7. The second kappa shape index (κ2) is 48.0. The molecule has 1 atom stereocenters. The lowest BCUT2D eigenvalue weighted by atomic mass is 10.0. The average molecular weight is 827 g/mol. The summed E-state index contributed by atoms with van der Waals surface area (Å²) in [5, 5.41) is 0. The van der Waals surface area contributed by atoms with Gasteiger partial charge >= 0.3 is 17.9 Å². The van der Waals surface area contributed by atoms with E-state index >= 15 is 0 Å². The van der Waals surface area contributed by atoms with Gasteiger partial charge in [0.15, 0.2) is 6.10 Å². The number of hydrogen-bond donors (Lipinski definition) is 0. The molecule has 0 aromatic rings. The van der Waals surface area contributed by atoms with E-state index < -0.39 is 6.10 Å². The lowest BCUT2D eigenvalue weighted by Gasteiger charge is -2.18. The molecule has 0 aliphatic carbocycles. The van der Waals surface area contributed by atoms with Crippen molar-refractivity contribution in [2.45, 2.75) is 258 Å². The van der Waals surface area contributed by atoms with Gasteiger partial charge in [0, 0.05) is 19.3 Å². The summed E-state index contributed by atoms with van der Waals surface area (Å²) >= 11 is 0. The molecule has 0 bridgehead atoms. The van der Waals surface area contributed by atoms with Crippen LogP contribution in [-0.2, 0) is 28.6 Å². The predicted octanol–water partition coefficient (Wildman–Crippen LogP) is 16.3. The van der Waals surface area contributed by atoms with Gasteiger partial charge in [0.25, 0.3) is 0 Å². The summed E-state index contributed by atoms with van der Waals surface area (Å²) in [7, 11) is 0. The zero-order chi connectivity index (χ0) is 43.0. The van der Waals surface area contributed by atoms with Crippen LogP contribution < -0.4 is 0 Å². The van der Waals surface area contributed by atoms with Gasteiger partial charge in [0.1, 0.15) is 13.2 Å². The zero-order valence-corrected chi connectivity index (χ0v) is 39.0. The molecule has 6 heteroatoms. The molecule has 6 nitrogen and oxygen atoms in total. The zero-order valence-electron chi connectivity index (χ0n) is 39.0. The molecular formula is C53H94O6. The number of carbonyl (C=O) groups excluding carboxylic acids is 3. The van der Waals surface area contributed by atoms with Crippen molar-refractivity contribution in [2.24, 2.45) is 0 Å². The van der Waals surface area contributed by atoms with E-state index in [0.717, 1.165) is 70.6 Å². The molecular weight excluding hydrogens is 733 g/mol. The Kier molecular flexibility index (Phi) is 45.9. The van der Waals surface area contributed by atoms with E-state index in [-0.39, 0.29) is 37.5 Å². The maximum absolute atomic E-state index is 12.7. The van der Waals surface area contributed by atoms with Gasteiger partial charge in [-0.05, 0) is 77.0 Å². The first-order valence-corrected chi connectivity index (χ1v) is 25.1. The number of unbranched alkanes of at least 4 members (excludes halogenated alkanes) is 26. The van der Waals surface area contributed by atoms with Crippen molar-refractivity contribution in [1.82, 2.24) is 0 Å². The molecule has 0 heterocycles. The minimum Gasteiger partial charge on any atom is -0.462 e. The minimum absolute atomic E-state index is 0.0900. The van der Waals surface area contributed by atoms with Crippen LogP contribution in [0, 0.1) is 0 Å². The summed E-state index contributed by atoms with van der Waals surface area (Å²) in [6.07, 6.45) is 56.7. The standard InChI is InChI=1S/C53H94O6/c1-4-7-10-13-16-19-22-25-26-27-28-29-32-34-37-40-43-46-52(55)58-49-50(59-53(56)47-44-41-38-35-31-24-21-18-15-12-9-6-3)48-57-51(54)45-42-39-36-33-30-23-20-17-14-11-8-5-2/h18,21,25-26,28-29,34,37,50H,4-17,19-20,22-24,27,30-33,35-36,38-49H2,1-3H3/b21-18-,26-25-,29-28-,37-34-. The van der Waals surface area contributed by atoms with E-state index in [4.69, 9.17) is 14.2 Å². The molecule has 0 aromatic heterocycles. The van der Waals surface area contributed by atoms with Gasteiger partial charge in [-0.25, -0.2) is 0 Å². The van der Waals surface area contributed by atoms with Crippen molar-refractivity contribution in [3.63, 3.8) is 0 Å². The lowest BCUT2D eigenvalue weighted by molar-refractivity contribution is -0.167. The highest BCUT2D eigenvalue weighted by Crippen LogP contribution is 2.14. The van der Waals surface area contributed by atoms with Gasteiger partial charge in [-0.3, -0.25) is 14.4 Å². The third-order valence-corrected chi connectivity index (χ3v) is 10.8. The van der Waals surface area contributed by atoms with E-state index in [9.17, 15) is 14.4 Å². The Labute approximate surface area is 365 Å². The van der Waals surface area contributed by atoms with Gasteiger partial charge in [-0.2, -0.15) is 0 Å². The van der Waals surface area contributed by atoms with Gasteiger partial charge < -0.3 is 14.2 Å². The Bertz CT molecular complexity index is 1040. The SMILES string of the molecule is CCCCC/C=C\CCCCCCCC(=O)OC(COC(=O)CCC/C=C\C/C=C\C/C=C\CCCCCCCC)COC(=O)CCCCCCCCCCCCCC. The highest BCUT2D eigenvalue weighted by atomic mass is 16.6. The summed E-state index contributed by atoms with van der Waals surface area (Å²) < 4.78 is 16.7. The Morgan fingerprint density at radius 2 is 0.627 bits per heavy atom. The van der Waals surface area contributed by atoms with Gasteiger partial charge in [-0.1, -0.05) is 204 Å². The maximum atomic E-state index is 12.7. The van der Waals surface area contributed by atoms with Gasteiger partial charge in [0.05, 0.1) is 0 Å². The van der Waals surface area contributed by atoms with Crippen LogP contribution in [0.3, 0.4) is 0 Å². The summed E-state index contributed by atoms with van der Waals surface area (Å²) in [5.74, 6) is -0.950. The fourth-order valence-corrected chi connectivity index (χ4v) is 6.98. The number of carbonyl (C=O) groups is 3. The third kappa shape index (κ3) is 46.3. The number of rotatable bonds is 45. The largest absolute Gasteiger partial charge is 0.462 e. The lowest BCUT2D eigenvalue weighted by Crippen LogP contribution is -2.30. The Morgan fingerprint density at radius 1 is 0.339 bits per heavy atom. The monoisotopic (exact) mass is 827 g/mol. The first-order chi connectivity index (χ1) is 29.0. The third-order valence-electron chi connectivity index (χ3n) is 10.8. The van der Waals surface area contributed by atoms with Crippen molar-refractivity contribution in [1.29, 1.82) is 0 Å². The molecule has 0 aliphatic rings. The van der Waals surface area contributed by atoms with Crippen molar-refractivity contribution in [3.05, 3.63) is 48.6 Å². The van der Waals surface area contributed by atoms with E-state index in [1.54, 1.807) is 0 Å². The topological polar surface area (TPSA) is 78.9 Å². The van der Waals surface area contributed by atoms with Crippen LogP contribution in [-0.4, -0.2) is 37.2 Å². The van der Waals surface area contributed by atoms with E-state index in [0.29, 0.717) is 19.3 Å². The molecule has 59 heavy (non-hydrogen) atoms. The Morgan fingerprint density at radius 3 is 1.07 bits per heavy atom. The molecule has 0 rings (SSSR count). The van der Waals surface area contributed by atoms with Crippen molar-refractivity contribution in [2.75, 3.05) is 13.2 Å². The van der Waals surface area contributed by atoms with Crippen molar-refractivity contribution >= 4 is 17.9 Å². The molecule has 0 fully saturated rings. The molecule has 0 N–H and O–H groups in total. The molecule has 0 saturated carbocycles. The average Bonchev–Trinajstić information content (AvgIpc) is 3.23. The predicted molar refractivity (Wildman–Crippen MR) is 252 cm³/mol. The summed E-state index contributed by atoms with van der Waals surface area (Å²) in [6.45, 7) is 6.56. The summed E-state index contributed by atoms with van der Waals surface area (Å²) in [6, 6.07) is 0. The van der Waals surface area contributed by atoms with Crippen molar-refractivity contribution < 1.29 is 28.6 Å². The fraction of sp³-hybridized carbons (Fsp3) is 0.792. The first-order valence-electron chi connectivity index (χ1n) is 25.1. The highest BCUT2D eigenvalue weighted by Gasteiger charge is 2.19. The number of hydrogen-bond acceptors (Lipinski definition) is 6. The van der Waals surface area contributed by atoms with E-state index in [2.05, 4.69) is 69.4 Å². The van der Waals surface area contributed by atoms with Crippen LogP contribution in [0.1, 0.15) is 252 Å². The fourth-order valence-electron chi connectivity index (χ4n) is 6.98. The van der Waals surface area contributed by atoms with Crippen LogP contribution in [0.15, 0.2) is 48.6 Å². The molecule has 0 saturated heterocycles. The summed E-state index contributed by atoms with van der Waals surface area (Å²) in [4.78, 5) is 37.8. The quantitative estimate of drug-likeness (QED) is 0.0263. The Hall–Kier alpha value is -2.63. The minimum atomic E-state index is -0.793. The molecule has 342 valence electrons. The summed E-state index contributed by atoms with van der Waals surface area (Å²) in [5.41, 5.74) is 0. The molecule has 0 amide bonds. The van der Waals surface area contributed by atoms with Crippen LogP contribution in [0.4, 0.5) is 0 Å². The molecule has 0 radical (unpaired) electrons. The normalized spacial score (nSPS) is 12.4. The smallest absolute Gasteiger partial charge is 0.306 e. The molecule has 0 aliphatic heterocycles. The van der Waals surface area contributed by atoms with Crippen LogP contribution in [0.5, 0.6) is 0 Å². The number of allylic oxidation sites excluding steroid dienone is 8. The van der Waals surface area contributed by atoms with E-state index in [1.165, 1.54) is 135 Å². The second-order valence-electron chi connectivity index (χ2n) is 16.7. The maximum Gasteiger partial charge on any atom is 0.306 e. The van der Waals surface area contributed by atoms with Crippen LogP contribution >= 0.6 is 0 Å². The highest BCUT2D eigenvalue weighted by molar-refractivity contribution is 5.71. The van der Waals surface area contributed by atoms with Crippen molar-refractivity contribution in [3.8, 4) is 0 Å². The first kappa shape index (κ1) is 56.4.